The van der Waals surface area contributed by atoms with E-state index in [1.165, 1.54) is 0 Å². The molecule has 0 aliphatic heterocycles. The molecule has 7 heavy (non-hydrogen) atoms. The zero-order valence-electron chi connectivity index (χ0n) is 3.11. The van der Waals surface area contributed by atoms with Crippen molar-refractivity contribution in [3.05, 3.63) is 0 Å². The molecule has 2 N–H and O–H groups in total. The van der Waals surface area contributed by atoms with Crippen molar-refractivity contribution >= 4 is 44.7 Å². The zero-order valence-corrected chi connectivity index (χ0v) is 8.78. The Kier molecular flexibility index (Phi) is 62.3. The zero-order chi connectivity index (χ0) is 5.41. The Labute approximate surface area is 63.7 Å². The van der Waals surface area contributed by atoms with Gasteiger partial charge in [0, 0.05) is 27.3 Å². The van der Waals surface area contributed by atoms with Crippen LogP contribution in [0.3, 0.4) is 0 Å². The second-order valence-corrected chi connectivity index (χ2v) is 0.490. The predicted molar refractivity (Wildman–Crippen MR) is 25.4 cm³/mol. The summed E-state index contributed by atoms with van der Waals surface area (Å²) in [5, 5.41) is 0. The summed E-state index contributed by atoms with van der Waals surface area (Å²) in [6, 6.07) is 0. The van der Waals surface area contributed by atoms with Crippen LogP contribution in [0, 0.1) is 0 Å². The molecular formula is H2O4P2Pb. The molecule has 0 aromatic heterocycles. The van der Waals surface area contributed by atoms with Gasteiger partial charge in [0.2, 0.25) is 0 Å². The van der Waals surface area contributed by atoms with E-state index >= 15 is 0 Å². The van der Waals surface area contributed by atoms with Crippen LogP contribution in [0.25, 0.3) is 0 Å². The van der Waals surface area contributed by atoms with Gasteiger partial charge in [-0.05, 0) is 0 Å². The number of rotatable bonds is 0. The van der Waals surface area contributed by atoms with Crippen LogP contribution in [0.5, 0.6) is 0 Å². The van der Waals surface area contributed by atoms with Gasteiger partial charge in [-0.3, -0.25) is 0 Å². The molecular weight excluding hydrogens is 333 g/mol. The molecule has 0 aliphatic rings. The fourth-order valence-electron chi connectivity index (χ4n) is 0. The van der Waals surface area contributed by atoms with E-state index in [0.29, 0.717) is 0 Å². The topological polar surface area (TPSA) is 74.6 Å². The maximum atomic E-state index is 8.46. The molecule has 0 saturated heterocycles. The Hall–Kier alpha value is 1.04. The summed E-state index contributed by atoms with van der Waals surface area (Å²) in [5.41, 5.74) is 0. The van der Waals surface area contributed by atoms with E-state index in [1.54, 1.807) is 0 Å². The van der Waals surface area contributed by atoms with Crippen molar-refractivity contribution in [1.82, 2.24) is 0 Å². The summed E-state index contributed by atoms with van der Waals surface area (Å²) >= 11 is 0. The third-order valence-corrected chi connectivity index (χ3v) is 0. The van der Waals surface area contributed by atoms with Crippen LogP contribution >= 0.6 is 17.4 Å². The van der Waals surface area contributed by atoms with Gasteiger partial charge < -0.3 is 9.79 Å². The van der Waals surface area contributed by atoms with Gasteiger partial charge in [0.05, 0.1) is 0 Å². The molecule has 4 radical (unpaired) electrons. The third kappa shape index (κ3) is 165. The van der Waals surface area contributed by atoms with E-state index in [0.717, 1.165) is 0 Å². The third-order valence-electron chi connectivity index (χ3n) is 0. The maximum absolute atomic E-state index is 8.46. The Balaban J connectivity index is -0.0000000400. The molecule has 0 atom stereocenters. The Morgan fingerprint density at radius 2 is 1.00 bits per heavy atom. The summed E-state index contributed by atoms with van der Waals surface area (Å²) in [6.07, 6.45) is 0. The predicted octanol–water partition coefficient (Wildman–Crippen LogP) is -0.0100. The second-order valence-electron chi connectivity index (χ2n) is 0.163. The van der Waals surface area contributed by atoms with E-state index in [1.807, 2.05) is 0 Å². The van der Waals surface area contributed by atoms with E-state index in [9.17, 15) is 0 Å². The Bertz CT molecular complexity index is 30.7. The summed E-state index contributed by atoms with van der Waals surface area (Å²) in [7, 11) is -1.67. The van der Waals surface area contributed by atoms with Crippen LogP contribution in [-0.2, 0) is 9.13 Å². The van der Waals surface area contributed by atoms with Crippen molar-refractivity contribution in [3.63, 3.8) is 0 Å². The monoisotopic (exact) mass is 336 g/mol. The van der Waals surface area contributed by atoms with Crippen LogP contribution in [0.4, 0.5) is 0 Å². The van der Waals surface area contributed by atoms with Crippen molar-refractivity contribution in [2.75, 3.05) is 0 Å². The van der Waals surface area contributed by atoms with Crippen LogP contribution in [0.2, 0.25) is 0 Å². The second kappa shape index (κ2) is 27.8. The van der Waals surface area contributed by atoms with Crippen molar-refractivity contribution < 1.29 is 18.9 Å². The van der Waals surface area contributed by atoms with E-state index < -0.39 is 17.4 Å². The molecule has 0 unspecified atom stereocenters. The van der Waals surface area contributed by atoms with Crippen LogP contribution in [0.1, 0.15) is 0 Å². The SMILES string of the molecule is O=PO.O=PO.[Pb]. The smallest absolute Gasteiger partial charge is 0.310 e. The van der Waals surface area contributed by atoms with E-state index in [2.05, 4.69) is 0 Å². The first-order valence-corrected chi connectivity index (χ1v) is 2.30. The Morgan fingerprint density at radius 3 is 1.00 bits per heavy atom. The van der Waals surface area contributed by atoms with Gasteiger partial charge in [-0.25, -0.2) is 9.13 Å². The number of hydrogen-bond acceptors (Lipinski definition) is 2. The summed E-state index contributed by atoms with van der Waals surface area (Å²) in [4.78, 5) is 14.0. The first kappa shape index (κ1) is 15.7. The molecule has 0 amide bonds. The summed E-state index contributed by atoms with van der Waals surface area (Å²) in [6.45, 7) is 0. The fraction of sp³-hybridized carbons (Fsp3) is 0. The van der Waals surface area contributed by atoms with Gasteiger partial charge in [-0.15, -0.1) is 0 Å². The molecule has 40 valence electrons. The van der Waals surface area contributed by atoms with Crippen LogP contribution in [0.15, 0.2) is 0 Å². The average molecular weight is 335 g/mol. The van der Waals surface area contributed by atoms with Gasteiger partial charge in [0.15, 0.2) is 0 Å². The number of hydrogen-bond donors (Lipinski definition) is 2. The maximum Gasteiger partial charge on any atom is 0.324 e. The fourth-order valence-corrected chi connectivity index (χ4v) is 0. The minimum absolute atomic E-state index is 0. The summed E-state index contributed by atoms with van der Waals surface area (Å²) in [5.74, 6) is 0. The van der Waals surface area contributed by atoms with Crippen molar-refractivity contribution in [1.29, 1.82) is 0 Å². The Morgan fingerprint density at radius 1 is 1.00 bits per heavy atom. The molecule has 0 bridgehead atoms. The quantitative estimate of drug-likeness (QED) is 0.482. The minimum atomic E-state index is -0.833. The van der Waals surface area contributed by atoms with E-state index in [-0.39, 0.29) is 27.3 Å². The molecule has 0 aliphatic carbocycles. The largest absolute Gasteiger partial charge is 0.324 e. The standard InChI is InChI=1S/2HO2P.Pb/c2*1-3-2;/h2*(H,1,2);. The first-order valence-electron chi connectivity index (χ1n) is 0.765. The van der Waals surface area contributed by atoms with Gasteiger partial charge in [0.25, 0.3) is 0 Å². The first-order chi connectivity index (χ1) is 2.83. The van der Waals surface area contributed by atoms with Crippen molar-refractivity contribution in [3.8, 4) is 0 Å². The van der Waals surface area contributed by atoms with Crippen molar-refractivity contribution in [2.45, 2.75) is 0 Å². The van der Waals surface area contributed by atoms with E-state index in [4.69, 9.17) is 18.9 Å². The molecule has 0 aromatic carbocycles. The molecule has 0 spiro atoms. The molecule has 0 saturated carbocycles. The molecule has 0 rings (SSSR count). The normalized spacial score (nSPS) is 6.00. The molecule has 4 nitrogen and oxygen atoms in total. The minimum Gasteiger partial charge on any atom is -0.310 e. The van der Waals surface area contributed by atoms with Crippen LogP contribution in [-0.4, -0.2) is 37.1 Å². The molecule has 0 heterocycles. The summed E-state index contributed by atoms with van der Waals surface area (Å²) < 4.78 is 16.9. The average Bonchev–Trinajstić information content (AvgIpc) is 1.39. The van der Waals surface area contributed by atoms with Crippen LogP contribution < -0.4 is 0 Å². The molecule has 0 aromatic rings. The van der Waals surface area contributed by atoms with Gasteiger partial charge in [0.1, 0.15) is 0 Å². The van der Waals surface area contributed by atoms with Gasteiger partial charge >= 0.3 is 17.4 Å². The van der Waals surface area contributed by atoms with Crippen molar-refractivity contribution in [2.24, 2.45) is 0 Å². The van der Waals surface area contributed by atoms with Gasteiger partial charge in [-0.1, -0.05) is 0 Å². The molecule has 7 heteroatoms. The van der Waals surface area contributed by atoms with Gasteiger partial charge in [-0.2, -0.15) is 0 Å². The molecule has 0 fully saturated rings.